The molecule has 1 fully saturated rings. The largest absolute Gasteiger partial charge is 0.351 e. The van der Waals surface area contributed by atoms with Crippen LogP contribution in [0.3, 0.4) is 0 Å². The van der Waals surface area contributed by atoms with Crippen molar-refractivity contribution in [3.05, 3.63) is 57.5 Å². The fourth-order valence-electron chi connectivity index (χ4n) is 3.00. The van der Waals surface area contributed by atoms with Crippen molar-refractivity contribution in [1.29, 1.82) is 0 Å². The highest BCUT2D eigenvalue weighted by molar-refractivity contribution is 7.09. The van der Waals surface area contributed by atoms with Crippen LogP contribution in [-0.4, -0.2) is 48.4 Å². The van der Waals surface area contributed by atoms with Crippen molar-refractivity contribution in [3.8, 4) is 0 Å². The van der Waals surface area contributed by atoms with Gasteiger partial charge in [0.2, 0.25) is 5.91 Å². The molecule has 0 radical (unpaired) electrons. The van der Waals surface area contributed by atoms with E-state index in [2.05, 4.69) is 32.6 Å². The van der Waals surface area contributed by atoms with E-state index in [1.54, 1.807) is 30.4 Å². The minimum atomic E-state index is -0.213. The Kier molecular flexibility index (Phi) is 6.18. The van der Waals surface area contributed by atoms with E-state index in [0.29, 0.717) is 18.7 Å². The summed E-state index contributed by atoms with van der Waals surface area (Å²) in [6, 6.07) is 9.19. The highest BCUT2D eigenvalue weighted by atomic mass is 32.1. The van der Waals surface area contributed by atoms with Crippen LogP contribution in [0.1, 0.15) is 16.0 Å². The predicted octanol–water partition coefficient (Wildman–Crippen LogP) is 2.63. The summed E-state index contributed by atoms with van der Waals surface area (Å²) < 4.78 is 13.3. The Bertz CT molecular complexity index is 697. The van der Waals surface area contributed by atoms with Gasteiger partial charge in [0.05, 0.1) is 6.54 Å². The van der Waals surface area contributed by atoms with E-state index in [-0.39, 0.29) is 11.7 Å². The normalized spacial score (nSPS) is 16.1. The number of piperazine rings is 1. The Morgan fingerprint density at radius 3 is 2.64 bits per heavy atom. The number of rotatable bonds is 6. The summed E-state index contributed by atoms with van der Waals surface area (Å²) >= 11 is 1.79. The molecule has 0 unspecified atom stereocenters. The lowest BCUT2D eigenvalue weighted by Crippen LogP contribution is -2.48. The number of nitrogens with zero attached hydrogens (tertiary/aromatic N) is 2. The molecule has 0 spiro atoms. The van der Waals surface area contributed by atoms with Gasteiger partial charge >= 0.3 is 0 Å². The number of aryl methyl sites for hydroxylation is 1. The van der Waals surface area contributed by atoms with E-state index < -0.39 is 0 Å². The summed E-state index contributed by atoms with van der Waals surface area (Å²) in [5, 5.41) is 5.04. The van der Waals surface area contributed by atoms with Crippen LogP contribution in [0.4, 0.5) is 4.39 Å². The van der Waals surface area contributed by atoms with E-state index in [1.807, 2.05) is 0 Å². The van der Waals surface area contributed by atoms with Gasteiger partial charge in [-0.2, -0.15) is 0 Å². The van der Waals surface area contributed by atoms with E-state index in [4.69, 9.17) is 0 Å². The standard InChI is InChI=1S/C19H24FN3OS/c1-15-11-16(4-5-18(15)20)12-21-19(24)14-23-8-6-22(7-9-23)13-17-3-2-10-25-17/h2-5,10-11H,6-9,12-14H2,1H3,(H,21,24). The summed E-state index contributed by atoms with van der Waals surface area (Å²) in [4.78, 5) is 18.1. The molecule has 1 amide bonds. The molecule has 2 heterocycles. The van der Waals surface area contributed by atoms with E-state index in [1.165, 1.54) is 10.9 Å². The van der Waals surface area contributed by atoms with Crippen LogP contribution < -0.4 is 5.32 Å². The molecule has 0 bridgehead atoms. The van der Waals surface area contributed by atoms with Crippen molar-refractivity contribution in [2.24, 2.45) is 0 Å². The van der Waals surface area contributed by atoms with Gasteiger partial charge in [0.1, 0.15) is 5.82 Å². The Balaban J connectivity index is 1.38. The van der Waals surface area contributed by atoms with Crippen LogP contribution in [0.25, 0.3) is 0 Å². The Morgan fingerprint density at radius 2 is 1.96 bits per heavy atom. The summed E-state index contributed by atoms with van der Waals surface area (Å²) in [6.45, 7) is 7.40. The lowest BCUT2D eigenvalue weighted by atomic mass is 10.1. The summed E-state index contributed by atoms with van der Waals surface area (Å²) in [7, 11) is 0. The Labute approximate surface area is 152 Å². The maximum absolute atomic E-state index is 13.3. The second kappa shape index (κ2) is 8.56. The fourth-order valence-corrected chi connectivity index (χ4v) is 3.75. The Morgan fingerprint density at radius 1 is 1.20 bits per heavy atom. The van der Waals surface area contributed by atoms with Crippen LogP contribution in [0.15, 0.2) is 35.7 Å². The zero-order valence-electron chi connectivity index (χ0n) is 14.5. The van der Waals surface area contributed by atoms with Crippen LogP contribution in [0.5, 0.6) is 0 Å². The maximum atomic E-state index is 13.3. The van der Waals surface area contributed by atoms with Gasteiger partial charge in [0.15, 0.2) is 0 Å². The second-order valence-electron chi connectivity index (χ2n) is 6.49. The highest BCUT2D eigenvalue weighted by Crippen LogP contribution is 2.13. The van der Waals surface area contributed by atoms with Gasteiger partial charge in [0, 0.05) is 44.1 Å². The number of carbonyl (C=O) groups is 1. The third kappa shape index (κ3) is 5.36. The van der Waals surface area contributed by atoms with Crippen molar-refractivity contribution in [1.82, 2.24) is 15.1 Å². The van der Waals surface area contributed by atoms with Crippen LogP contribution >= 0.6 is 11.3 Å². The number of amides is 1. The van der Waals surface area contributed by atoms with Gasteiger partial charge in [-0.15, -0.1) is 11.3 Å². The lowest BCUT2D eigenvalue weighted by molar-refractivity contribution is -0.122. The molecule has 1 aliphatic heterocycles. The van der Waals surface area contributed by atoms with Gasteiger partial charge in [-0.3, -0.25) is 14.6 Å². The molecule has 1 saturated heterocycles. The molecule has 0 aliphatic carbocycles. The van der Waals surface area contributed by atoms with E-state index in [0.717, 1.165) is 38.3 Å². The molecular weight excluding hydrogens is 337 g/mol. The van der Waals surface area contributed by atoms with Gasteiger partial charge < -0.3 is 5.32 Å². The number of carbonyl (C=O) groups excluding carboxylic acids is 1. The minimum absolute atomic E-state index is 0.0219. The number of hydrogen-bond donors (Lipinski definition) is 1. The lowest BCUT2D eigenvalue weighted by Gasteiger charge is -2.34. The zero-order chi connectivity index (χ0) is 17.6. The quantitative estimate of drug-likeness (QED) is 0.859. The first-order chi connectivity index (χ1) is 12.1. The molecule has 3 rings (SSSR count). The molecule has 1 aliphatic rings. The highest BCUT2D eigenvalue weighted by Gasteiger charge is 2.19. The molecule has 0 atom stereocenters. The van der Waals surface area contributed by atoms with Crippen LogP contribution in [0, 0.1) is 12.7 Å². The van der Waals surface area contributed by atoms with Gasteiger partial charge in [0.25, 0.3) is 0 Å². The van der Waals surface area contributed by atoms with Gasteiger partial charge in [-0.05, 0) is 35.6 Å². The zero-order valence-corrected chi connectivity index (χ0v) is 15.3. The molecule has 4 nitrogen and oxygen atoms in total. The van der Waals surface area contributed by atoms with E-state index >= 15 is 0 Å². The van der Waals surface area contributed by atoms with Crippen molar-refractivity contribution >= 4 is 17.2 Å². The van der Waals surface area contributed by atoms with Crippen LogP contribution in [0.2, 0.25) is 0 Å². The van der Waals surface area contributed by atoms with E-state index in [9.17, 15) is 9.18 Å². The number of nitrogens with one attached hydrogen (secondary N) is 1. The van der Waals surface area contributed by atoms with Gasteiger partial charge in [-0.25, -0.2) is 4.39 Å². The first-order valence-corrected chi connectivity index (χ1v) is 9.47. The smallest absolute Gasteiger partial charge is 0.234 e. The minimum Gasteiger partial charge on any atom is -0.351 e. The molecule has 1 N–H and O–H groups in total. The fraction of sp³-hybridized carbons (Fsp3) is 0.421. The second-order valence-corrected chi connectivity index (χ2v) is 7.52. The molecule has 6 heteroatoms. The van der Waals surface area contributed by atoms with Gasteiger partial charge in [-0.1, -0.05) is 18.2 Å². The summed E-state index contributed by atoms with van der Waals surface area (Å²) in [5.41, 5.74) is 1.53. The van der Waals surface area contributed by atoms with Crippen LogP contribution in [-0.2, 0) is 17.9 Å². The topological polar surface area (TPSA) is 35.6 Å². The number of benzene rings is 1. The summed E-state index contributed by atoms with van der Waals surface area (Å²) in [5.74, 6) is -0.191. The molecular formula is C19H24FN3OS. The van der Waals surface area contributed by atoms with Crippen molar-refractivity contribution in [2.75, 3.05) is 32.7 Å². The first kappa shape index (κ1) is 18.0. The monoisotopic (exact) mass is 361 g/mol. The molecule has 1 aromatic carbocycles. The average Bonchev–Trinajstić information content (AvgIpc) is 3.11. The SMILES string of the molecule is Cc1cc(CNC(=O)CN2CCN(Cc3cccs3)CC2)ccc1F. The number of hydrogen-bond acceptors (Lipinski definition) is 4. The molecule has 25 heavy (non-hydrogen) atoms. The van der Waals surface area contributed by atoms with Crippen molar-refractivity contribution in [3.63, 3.8) is 0 Å². The average molecular weight is 361 g/mol. The number of halogens is 1. The molecule has 134 valence electrons. The summed E-state index contributed by atoms with van der Waals surface area (Å²) in [6.07, 6.45) is 0. The third-order valence-corrected chi connectivity index (χ3v) is 5.36. The number of thiophene rings is 1. The molecule has 1 aromatic heterocycles. The Hall–Kier alpha value is -1.76. The predicted molar refractivity (Wildman–Crippen MR) is 99.0 cm³/mol. The molecule has 0 saturated carbocycles. The molecule has 2 aromatic rings. The first-order valence-electron chi connectivity index (χ1n) is 8.59. The third-order valence-electron chi connectivity index (χ3n) is 4.50. The van der Waals surface area contributed by atoms with Crippen molar-refractivity contribution < 1.29 is 9.18 Å². The maximum Gasteiger partial charge on any atom is 0.234 e. The van der Waals surface area contributed by atoms with Crippen molar-refractivity contribution in [2.45, 2.75) is 20.0 Å².